The Kier molecular flexibility index (Phi) is 5.30. The molecule has 0 aliphatic carbocycles. The normalized spacial score (nSPS) is 28.1. The van der Waals surface area contributed by atoms with E-state index in [1.807, 2.05) is 6.08 Å². The molecule has 0 saturated carbocycles. The third kappa shape index (κ3) is 2.78. The average molecular weight is 258 g/mol. The van der Waals surface area contributed by atoms with Gasteiger partial charge in [0.1, 0.15) is 0 Å². The summed E-state index contributed by atoms with van der Waals surface area (Å²) < 4.78 is 11.1. The molecular weight excluding hydrogens is 236 g/mol. The molecule has 1 atom stereocenters. The molecule has 1 fully saturated rings. The van der Waals surface area contributed by atoms with Crippen molar-refractivity contribution in [3.8, 4) is 0 Å². The van der Waals surface area contributed by atoms with Crippen LogP contribution in [0.4, 0.5) is 0 Å². The first-order chi connectivity index (χ1) is 7.70. The number of allylic oxidation sites excluding steroid dienone is 1. The Morgan fingerprint density at radius 2 is 2.44 bits per heavy atom. The van der Waals surface area contributed by atoms with E-state index in [0.29, 0.717) is 16.9 Å². The fraction of sp³-hybridized carbons (Fsp3) is 0.636. The minimum Gasteiger partial charge on any atom is -0.529 e. The molecule has 1 heterocycles. The highest BCUT2D eigenvalue weighted by Crippen LogP contribution is 2.34. The van der Waals surface area contributed by atoms with Crippen molar-refractivity contribution in [3.63, 3.8) is 0 Å². The molecule has 1 aliphatic heterocycles. The van der Waals surface area contributed by atoms with Crippen molar-refractivity contribution in [2.75, 3.05) is 6.61 Å². The molecule has 92 valence electrons. The van der Waals surface area contributed by atoms with Crippen LogP contribution >= 0.6 is 0 Å². The van der Waals surface area contributed by atoms with Gasteiger partial charge in [-0.05, 0) is 25.7 Å². The van der Waals surface area contributed by atoms with Crippen LogP contribution in [-0.4, -0.2) is 36.9 Å². The maximum absolute atomic E-state index is 9.88. The maximum atomic E-state index is 9.88. The summed E-state index contributed by atoms with van der Waals surface area (Å²) >= 11 is 0. The zero-order valence-corrected chi connectivity index (χ0v) is 13.7. The largest absolute Gasteiger partial charge is 0.529 e. The van der Waals surface area contributed by atoms with Crippen molar-refractivity contribution < 1.29 is 14.3 Å². The lowest BCUT2D eigenvalue weighted by Crippen LogP contribution is -2.43. The van der Waals surface area contributed by atoms with E-state index in [-0.39, 0.29) is 11.2 Å². The summed E-state index contributed by atoms with van der Waals surface area (Å²) in [7, 11) is 0.0955. The molecule has 1 aliphatic rings. The van der Waals surface area contributed by atoms with Crippen LogP contribution in [0.15, 0.2) is 24.2 Å². The van der Waals surface area contributed by atoms with Gasteiger partial charge >= 0.3 is 0 Å². The first-order valence-electron chi connectivity index (χ1n) is 5.91. The summed E-state index contributed by atoms with van der Waals surface area (Å²) in [5.41, 5.74) is 0.923. The SMILES string of the molecule is C=CCC(=C(O)O[SiH3])C1([SiH2]C)CCCCO1. The van der Waals surface area contributed by atoms with E-state index in [1.165, 1.54) is 6.42 Å². The number of hydrogen-bond donors (Lipinski definition) is 1. The molecule has 0 aromatic rings. The van der Waals surface area contributed by atoms with Crippen molar-refractivity contribution >= 4 is 20.0 Å². The predicted octanol–water partition coefficient (Wildman–Crippen LogP) is 0.743. The molecular formula is C11H22O3Si2. The van der Waals surface area contributed by atoms with Crippen molar-refractivity contribution in [1.29, 1.82) is 0 Å². The molecule has 1 N–H and O–H groups in total. The van der Waals surface area contributed by atoms with Crippen LogP contribution in [0.1, 0.15) is 25.7 Å². The Morgan fingerprint density at radius 1 is 1.69 bits per heavy atom. The molecule has 1 saturated heterocycles. The van der Waals surface area contributed by atoms with Gasteiger partial charge in [-0.15, -0.1) is 6.58 Å². The van der Waals surface area contributed by atoms with Crippen molar-refractivity contribution in [3.05, 3.63) is 24.2 Å². The molecule has 0 radical (unpaired) electrons. The molecule has 0 spiro atoms. The quantitative estimate of drug-likeness (QED) is 0.449. The minimum atomic E-state index is -0.411. The van der Waals surface area contributed by atoms with Gasteiger partial charge in [-0.1, -0.05) is 12.6 Å². The Balaban J connectivity index is 3.01. The lowest BCUT2D eigenvalue weighted by Gasteiger charge is -2.38. The standard InChI is InChI=1S/C11H22O3Si2/c1-3-6-9(10(12)14-15)11(16-2)7-4-5-8-13-11/h3,12H,1,4-8,16H2,2,15H3. The third-order valence-corrected chi connectivity index (χ3v) is 5.79. The van der Waals surface area contributed by atoms with Crippen LogP contribution in [0.2, 0.25) is 6.55 Å². The number of ether oxygens (including phenoxy) is 1. The molecule has 16 heavy (non-hydrogen) atoms. The zero-order chi connectivity index (χ0) is 12.0. The molecule has 0 bridgehead atoms. The van der Waals surface area contributed by atoms with Gasteiger partial charge < -0.3 is 14.3 Å². The summed E-state index contributed by atoms with van der Waals surface area (Å²) in [4.78, 5) is 0. The van der Waals surface area contributed by atoms with Gasteiger partial charge in [-0.3, -0.25) is 0 Å². The first-order valence-corrected chi connectivity index (χ1v) is 8.85. The first kappa shape index (κ1) is 13.5. The summed E-state index contributed by atoms with van der Waals surface area (Å²) in [5.74, 6) is 0.0859. The van der Waals surface area contributed by atoms with Gasteiger partial charge in [-0.25, -0.2) is 0 Å². The predicted molar refractivity (Wildman–Crippen MR) is 72.4 cm³/mol. The Labute approximate surface area is 103 Å². The van der Waals surface area contributed by atoms with Crippen molar-refractivity contribution in [2.45, 2.75) is 37.5 Å². The topological polar surface area (TPSA) is 38.7 Å². The molecule has 1 unspecified atom stereocenters. The van der Waals surface area contributed by atoms with E-state index in [1.54, 1.807) is 0 Å². The van der Waals surface area contributed by atoms with E-state index in [4.69, 9.17) is 9.16 Å². The van der Waals surface area contributed by atoms with E-state index in [9.17, 15) is 5.11 Å². The molecule has 3 nitrogen and oxygen atoms in total. The van der Waals surface area contributed by atoms with Crippen LogP contribution in [0.3, 0.4) is 0 Å². The minimum absolute atomic E-state index is 0.0859. The lowest BCUT2D eigenvalue weighted by atomic mass is 9.98. The van der Waals surface area contributed by atoms with Gasteiger partial charge in [-0.2, -0.15) is 0 Å². The van der Waals surface area contributed by atoms with Gasteiger partial charge in [0.2, 0.25) is 10.5 Å². The van der Waals surface area contributed by atoms with Crippen molar-refractivity contribution in [1.82, 2.24) is 0 Å². The van der Waals surface area contributed by atoms with Crippen LogP contribution in [0, 0.1) is 0 Å². The Hall–Kier alpha value is -0.526. The highest BCUT2D eigenvalue weighted by molar-refractivity contribution is 6.39. The van der Waals surface area contributed by atoms with Crippen LogP contribution in [-0.2, 0) is 9.16 Å². The van der Waals surface area contributed by atoms with Gasteiger partial charge in [0.25, 0.3) is 5.95 Å². The monoisotopic (exact) mass is 258 g/mol. The number of aliphatic hydroxyl groups is 1. The highest BCUT2D eigenvalue weighted by atomic mass is 28.2. The van der Waals surface area contributed by atoms with Crippen LogP contribution in [0.5, 0.6) is 0 Å². The van der Waals surface area contributed by atoms with E-state index in [0.717, 1.165) is 25.0 Å². The lowest BCUT2D eigenvalue weighted by molar-refractivity contribution is -0.00234. The van der Waals surface area contributed by atoms with Crippen molar-refractivity contribution in [2.24, 2.45) is 0 Å². The number of rotatable bonds is 5. The molecule has 1 rings (SSSR count). The second kappa shape index (κ2) is 6.27. The van der Waals surface area contributed by atoms with E-state index in [2.05, 4.69) is 13.1 Å². The summed E-state index contributed by atoms with van der Waals surface area (Å²) in [5, 5.41) is 9.69. The van der Waals surface area contributed by atoms with Crippen LogP contribution in [0.25, 0.3) is 0 Å². The average Bonchev–Trinajstić information content (AvgIpc) is 2.36. The second-order valence-corrected chi connectivity index (χ2v) is 6.39. The van der Waals surface area contributed by atoms with Gasteiger partial charge in [0, 0.05) is 12.2 Å². The molecule has 5 heteroatoms. The summed E-state index contributed by atoms with van der Waals surface area (Å²) in [6.45, 7) is 6.78. The fourth-order valence-electron chi connectivity index (χ4n) is 2.32. The second-order valence-electron chi connectivity index (χ2n) is 4.13. The number of aliphatic hydroxyl groups excluding tert-OH is 1. The Morgan fingerprint density at radius 3 is 2.88 bits per heavy atom. The highest BCUT2D eigenvalue weighted by Gasteiger charge is 2.37. The number of hydrogen-bond acceptors (Lipinski definition) is 3. The molecule has 0 amide bonds. The van der Waals surface area contributed by atoms with Gasteiger partial charge in [0.05, 0.1) is 14.7 Å². The maximum Gasteiger partial charge on any atom is 0.264 e. The molecule has 0 aromatic carbocycles. The zero-order valence-electron chi connectivity index (χ0n) is 10.3. The van der Waals surface area contributed by atoms with Crippen LogP contribution < -0.4 is 0 Å². The third-order valence-electron chi connectivity index (χ3n) is 3.27. The summed E-state index contributed by atoms with van der Waals surface area (Å²) in [6.07, 6.45) is 5.80. The fourth-order valence-corrected chi connectivity index (χ4v) is 4.24. The smallest absolute Gasteiger partial charge is 0.264 e. The van der Waals surface area contributed by atoms with E-state index >= 15 is 0 Å². The van der Waals surface area contributed by atoms with Gasteiger partial charge in [0.15, 0.2) is 0 Å². The Bertz CT molecular complexity index is 270. The van der Waals surface area contributed by atoms with E-state index < -0.39 is 9.52 Å². The summed E-state index contributed by atoms with van der Waals surface area (Å²) in [6, 6.07) is 0. The molecule has 0 aromatic heterocycles.